The second kappa shape index (κ2) is 9.29. The third-order valence-electron chi connectivity index (χ3n) is 6.91. The maximum atomic E-state index is 12.9. The van der Waals surface area contributed by atoms with E-state index in [0.29, 0.717) is 12.3 Å². The fourth-order valence-corrected chi connectivity index (χ4v) is 5.06. The Morgan fingerprint density at radius 2 is 1.97 bits per heavy atom. The molecular weight excluding hydrogens is 418 g/mol. The Hall–Kier alpha value is -3.29. The van der Waals surface area contributed by atoms with E-state index in [2.05, 4.69) is 10.2 Å². The first-order valence-electron chi connectivity index (χ1n) is 11.8. The highest BCUT2D eigenvalue weighted by Crippen LogP contribution is 2.32. The average Bonchev–Trinajstić information content (AvgIpc) is 3.26. The molecule has 8 nitrogen and oxygen atoms in total. The van der Waals surface area contributed by atoms with E-state index < -0.39 is 0 Å². The van der Waals surface area contributed by atoms with Crippen LogP contribution in [0.1, 0.15) is 42.5 Å². The van der Waals surface area contributed by atoms with Crippen LogP contribution in [-0.2, 0) is 24.2 Å². The number of rotatable bonds is 6. The van der Waals surface area contributed by atoms with Crippen molar-refractivity contribution < 1.29 is 14.3 Å². The number of carbonyl (C=O) groups excluding carboxylic acids is 1. The normalized spacial score (nSPS) is 16.5. The Kier molecular flexibility index (Phi) is 6.07. The summed E-state index contributed by atoms with van der Waals surface area (Å²) in [5, 5.41) is 7.89. The molecule has 0 bridgehead atoms. The SMILES string of the molecule is COc1ccc(CNC(=O)C2CCN(c3nccn4nc5c(c34)CCCC5)CC2)c(OC)c1. The van der Waals surface area contributed by atoms with Gasteiger partial charge in [0.05, 0.1) is 19.9 Å². The van der Waals surface area contributed by atoms with Crippen molar-refractivity contribution in [2.75, 3.05) is 32.2 Å². The second-order valence-electron chi connectivity index (χ2n) is 8.83. The van der Waals surface area contributed by atoms with E-state index in [1.807, 2.05) is 35.1 Å². The van der Waals surface area contributed by atoms with Crippen LogP contribution in [0.3, 0.4) is 0 Å². The molecule has 33 heavy (non-hydrogen) atoms. The molecule has 0 unspecified atom stereocenters. The smallest absolute Gasteiger partial charge is 0.223 e. The van der Waals surface area contributed by atoms with E-state index in [0.717, 1.165) is 61.4 Å². The zero-order valence-electron chi connectivity index (χ0n) is 19.3. The number of aryl methyl sites for hydroxylation is 2. The number of piperidine rings is 1. The van der Waals surface area contributed by atoms with Gasteiger partial charge >= 0.3 is 0 Å². The van der Waals surface area contributed by atoms with E-state index in [-0.39, 0.29) is 11.8 Å². The molecule has 1 fully saturated rings. The van der Waals surface area contributed by atoms with Gasteiger partial charge in [-0.25, -0.2) is 9.50 Å². The molecule has 2 aromatic heterocycles. The molecule has 1 N–H and O–H groups in total. The van der Waals surface area contributed by atoms with Gasteiger partial charge in [0.25, 0.3) is 0 Å². The molecule has 5 rings (SSSR count). The Morgan fingerprint density at radius 1 is 1.15 bits per heavy atom. The number of fused-ring (bicyclic) bond motifs is 3. The summed E-state index contributed by atoms with van der Waals surface area (Å²) in [4.78, 5) is 19.9. The number of aromatic nitrogens is 3. The summed E-state index contributed by atoms with van der Waals surface area (Å²) in [7, 11) is 3.25. The third kappa shape index (κ3) is 4.21. The van der Waals surface area contributed by atoms with Gasteiger partial charge in [0.15, 0.2) is 5.82 Å². The second-order valence-corrected chi connectivity index (χ2v) is 8.83. The summed E-state index contributed by atoms with van der Waals surface area (Å²) in [6, 6.07) is 5.65. The highest BCUT2D eigenvalue weighted by atomic mass is 16.5. The molecule has 3 heterocycles. The molecule has 0 radical (unpaired) electrons. The molecule has 3 aromatic rings. The van der Waals surface area contributed by atoms with E-state index in [1.165, 1.54) is 24.1 Å². The molecule has 1 saturated heterocycles. The fourth-order valence-electron chi connectivity index (χ4n) is 5.06. The van der Waals surface area contributed by atoms with Crippen molar-refractivity contribution in [3.05, 3.63) is 47.4 Å². The molecule has 0 atom stereocenters. The van der Waals surface area contributed by atoms with Crippen molar-refractivity contribution in [1.82, 2.24) is 19.9 Å². The van der Waals surface area contributed by atoms with Gasteiger partial charge < -0.3 is 19.7 Å². The quantitative estimate of drug-likeness (QED) is 0.623. The number of benzene rings is 1. The highest BCUT2D eigenvalue weighted by molar-refractivity contribution is 5.79. The zero-order chi connectivity index (χ0) is 22.8. The maximum absolute atomic E-state index is 12.9. The predicted octanol–water partition coefficient (Wildman–Crippen LogP) is 3.16. The maximum Gasteiger partial charge on any atom is 0.223 e. The van der Waals surface area contributed by atoms with Crippen molar-refractivity contribution in [3.8, 4) is 11.5 Å². The Labute approximate surface area is 193 Å². The van der Waals surface area contributed by atoms with Crippen LogP contribution in [0.2, 0.25) is 0 Å². The number of hydrogen-bond acceptors (Lipinski definition) is 6. The van der Waals surface area contributed by atoms with Crippen LogP contribution in [0.4, 0.5) is 5.82 Å². The highest BCUT2D eigenvalue weighted by Gasteiger charge is 2.28. The minimum Gasteiger partial charge on any atom is -0.497 e. The number of ether oxygens (including phenoxy) is 2. The largest absolute Gasteiger partial charge is 0.497 e. The van der Waals surface area contributed by atoms with E-state index in [9.17, 15) is 4.79 Å². The van der Waals surface area contributed by atoms with Crippen LogP contribution < -0.4 is 19.7 Å². The number of amides is 1. The van der Waals surface area contributed by atoms with E-state index >= 15 is 0 Å². The molecule has 0 spiro atoms. The van der Waals surface area contributed by atoms with E-state index in [4.69, 9.17) is 19.6 Å². The van der Waals surface area contributed by atoms with Gasteiger partial charge in [-0.1, -0.05) is 0 Å². The van der Waals surface area contributed by atoms with Gasteiger partial charge in [-0.3, -0.25) is 4.79 Å². The average molecular weight is 450 g/mol. The number of nitrogens with zero attached hydrogens (tertiary/aromatic N) is 4. The third-order valence-corrected chi connectivity index (χ3v) is 6.91. The van der Waals surface area contributed by atoms with Crippen LogP contribution in [0, 0.1) is 5.92 Å². The van der Waals surface area contributed by atoms with Crippen LogP contribution in [0.5, 0.6) is 11.5 Å². The van der Waals surface area contributed by atoms with Gasteiger partial charge in [0.1, 0.15) is 17.0 Å². The van der Waals surface area contributed by atoms with Crippen molar-refractivity contribution in [2.45, 2.75) is 45.1 Å². The van der Waals surface area contributed by atoms with Crippen LogP contribution in [0.25, 0.3) is 5.52 Å². The summed E-state index contributed by atoms with van der Waals surface area (Å²) >= 11 is 0. The monoisotopic (exact) mass is 449 g/mol. The molecule has 2 aliphatic rings. The molecule has 0 saturated carbocycles. The van der Waals surface area contributed by atoms with Crippen LogP contribution in [-0.4, -0.2) is 47.8 Å². The lowest BCUT2D eigenvalue weighted by Crippen LogP contribution is -2.40. The molecule has 1 aromatic carbocycles. The van der Waals surface area contributed by atoms with Gasteiger partial charge in [-0.15, -0.1) is 0 Å². The summed E-state index contributed by atoms with van der Waals surface area (Å²) < 4.78 is 12.7. The van der Waals surface area contributed by atoms with Crippen LogP contribution >= 0.6 is 0 Å². The van der Waals surface area contributed by atoms with Crippen LogP contribution in [0.15, 0.2) is 30.6 Å². The lowest BCUT2D eigenvalue weighted by Gasteiger charge is -2.32. The molecule has 1 aliphatic heterocycles. The Balaban J connectivity index is 1.23. The molecule has 1 aliphatic carbocycles. The summed E-state index contributed by atoms with van der Waals surface area (Å²) in [5.74, 6) is 2.56. The standard InChI is InChI=1S/C25H31N5O3/c1-32-19-8-7-18(22(15-19)33-2)16-27-25(31)17-9-12-29(13-10-17)24-23-20-5-3-4-6-21(20)28-30(23)14-11-26-24/h7-8,11,14-15,17H,3-6,9-10,12-13,16H2,1-2H3,(H,27,31). The molecule has 8 heteroatoms. The first-order chi connectivity index (χ1) is 16.2. The van der Waals surface area contributed by atoms with Crippen molar-refractivity contribution in [2.24, 2.45) is 5.92 Å². The minimum absolute atomic E-state index is 0.00375. The Bertz CT molecular complexity index is 1150. The molecule has 1 amide bonds. The number of nitrogens with one attached hydrogen (secondary N) is 1. The Morgan fingerprint density at radius 3 is 2.76 bits per heavy atom. The first-order valence-corrected chi connectivity index (χ1v) is 11.8. The fraction of sp³-hybridized carbons (Fsp3) is 0.480. The van der Waals surface area contributed by atoms with Gasteiger partial charge in [0.2, 0.25) is 5.91 Å². The molecule has 174 valence electrons. The topological polar surface area (TPSA) is 81.0 Å². The van der Waals surface area contributed by atoms with Gasteiger partial charge in [-0.2, -0.15) is 5.10 Å². The van der Waals surface area contributed by atoms with Gasteiger partial charge in [-0.05, 0) is 50.7 Å². The van der Waals surface area contributed by atoms with E-state index in [1.54, 1.807) is 14.2 Å². The summed E-state index contributed by atoms with van der Waals surface area (Å²) in [6.45, 7) is 2.07. The number of hydrogen-bond donors (Lipinski definition) is 1. The van der Waals surface area contributed by atoms with Crippen molar-refractivity contribution in [1.29, 1.82) is 0 Å². The predicted molar refractivity (Wildman–Crippen MR) is 126 cm³/mol. The number of carbonyl (C=O) groups is 1. The first kappa shape index (κ1) is 21.6. The number of anilines is 1. The lowest BCUT2D eigenvalue weighted by atomic mass is 9.94. The minimum atomic E-state index is 0.00375. The van der Waals surface area contributed by atoms with Gasteiger partial charge in [0, 0.05) is 55.1 Å². The van der Waals surface area contributed by atoms with Crippen molar-refractivity contribution >= 4 is 17.2 Å². The van der Waals surface area contributed by atoms with Crippen molar-refractivity contribution in [3.63, 3.8) is 0 Å². The zero-order valence-corrected chi connectivity index (χ0v) is 19.3. The number of methoxy groups -OCH3 is 2. The summed E-state index contributed by atoms with van der Waals surface area (Å²) in [6.07, 6.45) is 9.96. The summed E-state index contributed by atoms with van der Waals surface area (Å²) in [5.41, 5.74) is 4.67. The molecular formula is C25H31N5O3. The lowest BCUT2D eigenvalue weighted by molar-refractivity contribution is -0.125.